The van der Waals surface area contributed by atoms with Gasteiger partial charge in [0.2, 0.25) is 0 Å². The highest BCUT2D eigenvalue weighted by molar-refractivity contribution is 7.99. The predicted octanol–water partition coefficient (Wildman–Crippen LogP) is 3.99. The zero-order chi connectivity index (χ0) is 12.6. The van der Waals surface area contributed by atoms with Gasteiger partial charge in [-0.2, -0.15) is 0 Å². The number of hydrogen-bond donors (Lipinski definition) is 1. The summed E-state index contributed by atoms with van der Waals surface area (Å²) in [6, 6.07) is 19.4. The lowest BCUT2D eigenvalue weighted by Gasteiger charge is -2.04. The number of hydrogen-bond acceptors (Lipinski definition) is 2. The predicted molar refractivity (Wildman–Crippen MR) is 79.3 cm³/mol. The Hall–Kier alpha value is -1.25. The van der Waals surface area contributed by atoms with E-state index in [2.05, 4.69) is 59.9 Å². The first-order chi connectivity index (χ1) is 8.88. The van der Waals surface area contributed by atoms with Crippen molar-refractivity contribution in [3.05, 3.63) is 60.2 Å². The largest absolute Gasteiger partial charge is 0.320 e. The summed E-state index contributed by atoms with van der Waals surface area (Å²) < 4.78 is 0. The molecular weight excluding hydrogens is 238 g/mol. The van der Waals surface area contributed by atoms with Crippen molar-refractivity contribution >= 4 is 11.8 Å². The molecule has 0 atom stereocenters. The van der Waals surface area contributed by atoms with Crippen molar-refractivity contribution in [2.75, 3.05) is 13.6 Å². The third-order valence-corrected chi connectivity index (χ3v) is 3.81. The van der Waals surface area contributed by atoms with E-state index in [1.54, 1.807) is 0 Å². The average molecular weight is 257 g/mol. The first-order valence-corrected chi connectivity index (χ1v) is 7.16. The zero-order valence-corrected chi connectivity index (χ0v) is 11.5. The molecule has 0 bridgehead atoms. The maximum atomic E-state index is 3.18. The third-order valence-electron chi connectivity index (χ3n) is 2.79. The van der Waals surface area contributed by atoms with Gasteiger partial charge in [-0.3, -0.25) is 0 Å². The Labute approximate surface area is 114 Å². The van der Waals surface area contributed by atoms with Gasteiger partial charge in [-0.25, -0.2) is 0 Å². The van der Waals surface area contributed by atoms with Crippen molar-refractivity contribution in [1.29, 1.82) is 0 Å². The molecule has 0 aromatic heterocycles. The second kappa shape index (κ2) is 7.24. The molecule has 0 amide bonds. The van der Waals surface area contributed by atoms with E-state index >= 15 is 0 Å². The van der Waals surface area contributed by atoms with Crippen LogP contribution < -0.4 is 5.32 Å². The minimum absolute atomic E-state index is 1.08. The molecule has 0 aliphatic rings. The second-order valence-corrected chi connectivity index (χ2v) is 5.41. The Morgan fingerprint density at radius 2 is 1.56 bits per heavy atom. The fourth-order valence-electron chi connectivity index (χ4n) is 1.82. The molecular formula is C16H19NS. The number of aryl methyl sites for hydroxylation is 1. The van der Waals surface area contributed by atoms with Crippen LogP contribution in [0.2, 0.25) is 0 Å². The van der Waals surface area contributed by atoms with Gasteiger partial charge >= 0.3 is 0 Å². The van der Waals surface area contributed by atoms with Crippen LogP contribution in [0.4, 0.5) is 0 Å². The summed E-state index contributed by atoms with van der Waals surface area (Å²) >= 11 is 1.81. The molecule has 0 aliphatic carbocycles. The molecule has 94 valence electrons. The van der Waals surface area contributed by atoms with Crippen LogP contribution >= 0.6 is 11.8 Å². The van der Waals surface area contributed by atoms with Crippen molar-refractivity contribution in [1.82, 2.24) is 5.32 Å². The molecule has 0 spiro atoms. The Morgan fingerprint density at radius 3 is 2.22 bits per heavy atom. The number of nitrogens with one attached hydrogen (secondary N) is 1. The van der Waals surface area contributed by atoms with E-state index in [0.717, 1.165) is 13.0 Å². The zero-order valence-electron chi connectivity index (χ0n) is 10.7. The lowest BCUT2D eigenvalue weighted by Crippen LogP contribution is -2.08. The van der Waals surface area contributed by atoms with Gasteiger partial charge in [0, 0.05) is 9.79 Å². The Balaban J connectivity index is 1.91. The molecule has 0 heterocycles. The van der Waals surface area contributed by atoms with Gasteiger partial charge in [-0.05, 0) is 56.3 Å². The van der Waals surface area contributed by atoms with Crippen LogP contribution in [0.15, 0.2) is 64.4 Å². The van der Waals surface area contributed by atoms with E-state index in [4.69, 9.17) is 0 Å². The van der Waals surface area contributed by atoms with Crippen molar-refractivity contribution in [3.8, 4) is 0 Å². The average Bonchev–Trinajstić information content (AvgIpc) is 2.42. The molecule has 2 rings (SSSR count). The molecule has 0 saturated heterocycles. The van der Waals surface area contributed by atoms with Crippen LogP contribution in [0.1, 0.15) is 12.0 Å². The molecule has 0 unspecified atom stereocenters. The summed E-state index contributed by atoms with van der Waals surface area (Å²) in [7, 11) is 2.00. The third kappa shape index (κ3) is 4.21. The fourth-order valence-corrected chi connectivity index (χ4v) is 2.66. The maximum Gasteiger partial charge on any atom is 0.0122 e. The van der Waals surface area contributed by atoms with Crippen LogP contribution in [-0.4, -0.2) is 13.6 Å². The van der Waals surface area contributed by atoms with Gasteiger partial charge in [-0.15, -0.1) is 0 Å². The van der Waals surface area contributed by atoms with Crippen LogP contribution in [-0.2, 0) is 6.42 Å². The number of rotatable bonds is 6. The normalized spacial score (nSPS) is 10.5. The molecule has 2 aromatic rings. The monoisotopic (exact) mass is 257 g/mol. The van der Waals surface area contributed by atoms with Crippen LogP contribution in [0.25, 0.3) is 0 Å². The highest BCUT2D eigenvalue weighted by Gasteiger charge is 1.97. The minimum Gasteiger partial charge on any atom is -0.320 e. The van der Waals surface area contributed by atoms with Gasteiger partial charge in [0.05, 0.1) is 0 Å². The summed E-state index contributed by atoms with van der Waals surface area (Å²) in [4.78, 5) is 2.60. The molecule has 0 fully saturated rings. The summed E-state index contributed by atoms with van der Waals surface area (Å²) in [6.07, 6.45) is 2.35. The fraction of sp³-hybridized carbons (Fsp3) is 0.250. The molecule has 0 radical (unpaired) electrons. The van der Waals surface area contributed by atoms with E-state index in [1.807, 2.05) is 18.8 Å². The lowest BCUT2D eigenvalue weighted by atomic mass is 10.1. The Kier molecular flexibility index (Phi) is 5.31. The van der Waals surface area contributed by atoms with Gasteiger partial charge in [0.25, 0.3) is 0 Å². The molecule has 2 aromatic carbocycles. The van der Waals surface area contributed by atoms with Crippen molar-refractivity contribution in [2.24, 2.45) is 0 Å². The molecule has 0 saturated carbocycles. The highest BCUT2D eigenvalue weighted by atomic mass is 32.2. The van der Waals surface area contributed by atoms with Crippen molar-refractivity contribution in [2.45, 2.75) is 22.6 Å². The topological polar surface area (TPSA) is 12.0 Å². The van der Waals surface area contributed by atoms with Crippen LogP contribution in [0.3, 0.4) is 0 Å². The Morgan fingerprint density at radius 1 is 0.889 bits per heavy atom. The lowest BCUT2D eigenvalue weighted by molar-refractivity contribution is 0.724. The van der Waals surface area contributed by atoms with E-state index in [-0.39, 0.29) is 0 Å². The van der Waals surface area contributed by atoms with Gasteiger partial charge in [0.15, 0.2) is 0 Å². The second-order valence-electron chi connectivity index (χ2n) is 4.27. The first kappa shape index (κ1) is 13.2. The number of benzene rings is 2. The standard InChI is InChI=1S/C16H19NS/c1-17-13-5-6-14-9-11-16(12-10-14)18-15-7-3-2-4-8-15/h2-4,7-12,17H,5-6,13H2,1H3. The van der Waals surface area contributed by atoms with E-state index < -0.39 is 0 Å². The van der Waals surface area contributed by atoms with E-state index in [9.17, 15) is 0 Å². The Bertz CT molecular complexity index is 450. The molecule has 2 heteroatoms. The first-order valence-electron chi connectivity index (χ1n) is 6.35. The quantitative estimate of drug-likeness (QED) is 0.785. The minimum atomic E-state index is 1.08. The van der Waals surface area contributed by atoms with Gasteiger partial charge in [-0.1, -0.05) is 42.1 Å². The molecule has 1 nitrogen and oxygen atoms in total. The van der Waals surface area contributed by atoms with Crippen LogP contribution in [0.5, 0.6) is 0 Å². The van der Waals surface area contributed by atoms with Gasteiger partial charge in [0.1, 0.15) is 0 Å². The highest BCUT2D eigenvalue weighted by Crippen LogP contribution is 2.27. The summed E-state index contributed by atoms with van der Waals surface area (Å²) in [5.74, 6) is 0. The SMILES string of the molecule is CNCCCc1ccc(Sc2ccccc2)cc1. The van der Waals surface area contributed by atoms with E-state index in [0.29, 0.717) is 0 Å². The maximum absolute atomic E-state index is 3.18. The van der Waals surface area contributed by atoms with E-state index in [1.165, 1.54) is 21.8 Å². The van der Waals surface area contributed by atoms with Crippen molar-refractivity contribution in [3.63, 3.8) is 0 Å². The van der Waals surface area contributed by atoms with Crippen molar-refractivity contribution < 1.29 is 0 Å². The smallest absolute Gasteiger partial charge is 0.0122 e. The summed E-state index contributed by atoms with van der Waals surface area (Å²) in [5.41, 5.74) is 1.42. The molecule has 1 N–H and O–H groups in total. The molecule has 0 aliphatic heterocycles. The molecule has 18 heavy (non-hydrogen) atoms. The van der Waals surface area contributed by atoms with Crippen LogP contribution in [0, 0.1) is 0 Å². The summed E-state index contributed by atoms with van der Waals surface area (Å²) in [5, 5.41) is 3.18. The van der Waals surface area contributed by atoms with Gasteiger partial charge < -0.3 is 5.32 Å². The summed E-state index contributed by atoms with van der Waals surface area (Å²) in [6.45, 7) is 1.08.